The molecule has 0 radical (unpaired) electrons. The summed E-state index contributed by atoms with van der Waals surface area (Å²) in [6.45, 7) is 1.30. The van der Waals surface area contributed by atoms with Crippen LogP contribution in [0.3, 0.4) is 0 Å². The fourth-order valence-corrected chi connectivity index (χ4v) is 2.89. The molecule has 1 amide bonds. The first-order valence-corrected chi connectivity index (χ1v) is 8.34. The van der Waals surface area contributed by atoms with Crippen LogP contribution in [0, 0.1) is 5.82 Å². The topological polar surface area (TPSA) is 72.1 Å². The van der Waals surface area contributed by atoms with E-state index in [1.165, 1.54) is 25.3 Å². The van der Waals surface area contributed by atoms with Crippen LogP contribution in [0.25, 0.3) is 11.0 Å². The second-order valence-corrected chi connectivity index (χ2v) is 6.34. The summed E-state index contributed by atoms with van der Waals surface area (Å²) >= 11 is 5.88. The van der Waals surface area contributed by atoms with Gasteiger partial charge in [0.15, 0.2) is 0 Å². The van der Waals surface area contributed by atoms with Crippen LogP contribution in [-0.2, 0) is 9.53 Å². The van der Waals surface area contributed by atoms with Gasteiger partial charge in [-0.1, -0.05) is 11.6 Å². The van der Waals surface area contributed by atoms with Gasteiger partial charge in [0.25, 0.3) is 0 Å². The third-order valence-corrected chi connectivity index (χ3v) is 4.34. The molecular formula is C19H12ClFN2O4. The van der Waals surface area contributed by atoms with E-state index in [2.05, 4.69) is 5.10 Å². The van der Waals surface area contributed by atoms with Crippen LogP contribution < -0.4 is 5.43 Å². The number of amides is 1. The highest BCUT2D eigenvalue weighted by molar-refractivity contribution is 6.30. The lowest BCUT2D eigenvalue weighted by atomic mass is 10.1. The molecule has 27 heavy (non-hydrogen) atoms. The Balaban J connectivity index is 1.78. The summed E-state index contributed by atoms with van der Waals surface area (Å²) in [4.78, 5) is 24.8. The van der Waals surface area contributed by atoms with Crippen molar-refractivity contribution in [1.29, 1.82) is 0 Å². The van der Waals surface area contributed by atoms with Gasteiger partial charge in [0, 0.05) is 17.5 Å². The minimum Gasteiger partial charge on any atom is -0.464 e. The Morgan fingerprint density at radius 1 is 1.22 bits per heavy atom. The molecule has 0 saturated heterocycles. The number of ether oxygens (including phenoxy) is 1. The van der Waals surface area contributed by atoms with Gasteiger partial charge in [-0.15, -0.1) is 5.10 Å². The summed E-state index contributed by atoms with van der Waals surface area (Å²) in [6, 6.07) is 10.3. The minimum absolute atomic E-state index is 0.0380. The van der Waals surface area contributed by atoms with E-state index in [1.807, 2.05) is 0 Å². The molecule has 3 aromatic rings. The van der Waals surface area contributed by atoms with Crippen molar-refractivity contribution in [3.63, 3.8) is 0 Å². The molecule has 0 spiro atoms. The molecule has 1 aliphatic heterocycles. The highest BCUT2D eigenvalue weighted by atomic mass is 35.5. The van der Waals surface area contributed by atoms with Crippen molar-refractivity contribution in [2.75, 3.05) is 0 Å². The molecule has 4 rings (SSSR count). The Morgan fingerprint density at radius 2 is 1.96 bits per heavy atom. The maximum Gasteiger partial charge on any atom is 0.243 e. The molecular weight excluding hydrogens is 375 g/mol. The summed E-state index contributed by atoms with van der Waals surface area (Å²) in [5, 5.41) is 5.80. The van der Waals surface area contributed by atoms with Crippen molar-refractivity contribution < 1.29 is 18.3 Å². The van der Waals surface area contributed by atoms with Crippen LogP contribution in [0.1, 0.15) is 24.3 Å². The maximum absolute atomic E-state index is 13.5. The quantitative estimate of drug-likeness (QED) is 0.671. The molecule has 1 unspecified atom stereocenters. The molecule has 0 fully saturated rings. The van der Waals surface area contributed by atoms with Gasteiger partial charge >= 0.3 is 0 Å². The number of halogens is 2. The van der Waals surface area contributed by atoms with E-state index in [0.717, 1.165) is 11.1 Å². The molecule has 0 bridgehead atoms. The predicted molar refractivity (Wildman–Crippen MR) is 96.8 cm³/mol. The molecule has 136 valence electrons. The third kappa shape index (κ3) is 3.06. The van der Waals surface area contributed by atoms with Crippen LogP contribution in [0.4, 0.5) is 4.39 Å². The number of carbonyl (C=O) groups is 1. The smallest absolute Gasteiger partial charge is 0.243 e. The Hall–Kier alpha value is -3.19. The number of hydrogen-bond donors (Lipinski definition) is 0. The first kappa shape index (κ1) is 17.2. The van der Waals surface area contributed by atoms with Gasteiger partial charge in [-0.3, -0.25) is 9.59 Å². The Morgan fingerprint density at radius 3 is 2.67 bits per heavy atom. The van der Waals surface area contributed by atoms with Gasteiger partial charge in [0.2, 0.25) is 23.5 Å². The number of benzene rings is 2. The van der Waals surface area contributed by atoms with Gasteiger partial charge in [-0.2, -0.15) is 5.01 Å². The summed E-state index contributed by atoms with van der Waals surface area (Å²) in [5.41, 5.74) is 0.358. The summed E-state index contributed by atoms with van der Waals surface area (Å²) < 4.78 is 24.7. The number of carbonyl (C=O) groups excluding carboxylic acids is 1. The molecule has 1 aromatic heterocycles. The summed E-state index contributed by atoms with van der Waals surface area (Å²) in [7, 11) is 0. The molecule has 8 heteroatoms. The number of hydrazone groups is 1. The molecule has 1 aliphatic rings. The van der Waals surface area contributed by atoms with Crippen LogP contribution >= 0.6 is 11.6 Å². The lowest BCUT2D eigenvalue weighted by Crippen LogP contribution is -2.29. The van der Waals surface area contributed by atoms with Crippen molar-refractivity contribution in [3.8, 4) is 0 Å². The predicted octanol–water partition coefficient (Wildman–Crippen LogP) is 3.82. The zero-order valence-corrected chi connectivity index (χ0v) is 14.7. The van der Waals surface area contributed by atoms with Gasteiger partial charge in [-0.05, 0) is 42.5 Å². The number of rotatable bonds is 2. The van der Waals surface area contributed by atoms with Gasteiger partial charge < -0.3 is 9.15 Å². The zero-order valence-electron chi connectivity index (χ0n) is 14.0. The Bertz CT molecular complexity index is 1140. The van der Waals surface area contributed by atoms with Crippen LogP contribution in [0.2, 0.25) is 5.02 Å². The average Bonchev–Trinajstić information content (AvgIpc) is 3.08. The normalized spacial score (nSPS) is 16.3. The minimum atomic E-state index is -1.11. The van der Waals surface area contributed by atoms with Crippen LogP contribution in [-0.4, -0.2) is 16.8 Å². The second kappa shape index (κ2) is 6.51. The second-order valence-electron chi connectivity index (χ2n) is 5.91. The highest BCUT2D eigenvalue weighted by Gasteiger charge is 2.35. The van der Waals surface area contributed by atoms with E-state index in [-0.39, 0.29) is 22.4 Å². The lowest BCUT2D eigenvalue weighted by molar-refractivity contribution is -0.135. The molecule has 0 N–H and O–H groups in total. The maximum atomic E-state index is 13.5. The molecule has 2 heterocycles. The Labute approximate surface area is 157 Å². The highest BCUT2D eigenvalue weighted by Crippen LogP contribution is 2.30. The zero-order chi connectivity index (χ0) is 19.1. The van der Waals surface area contributed by atoms with Crippen molar-refractivity contribution in [2.24, 2.45) is 5.10 Å². The summed E-state index contributed by atoms with van der Waals surface area (Å²) in [5.74, 6) is -0.839. The number of hydrogen-bond acceptors (Lipinski definition) is 5. The third-order valence-electron chi connectivity index (χ3n) is 4.09. The Kier molecular flexibility index (Phi) is 4.16. The first-order valence-electron chi connectivity index (χ1n) is 7.96. The standard InChI is InChI=1S/C19H12ClFN2O4/c1-10(24)23-19(27-18(22-23)11-2-4-12(20)5-3-11)15-9-26-16-7-6-13(21)8-14(16)17(15)25/h2-9,19H,1H3. The summed E-state index contributed by atoms with van der Waals surface area (Å²) in [6.07, 6.45) is 0.0841. The van der Waals surface area contributed by atoms with Crippen molar-refractivity contribution in [2.45, 2.75) is 13.2 Å². The van der Waals surface area contributed by atoms with E-state index in [0.29, 0.717) is 10.6 Å². The number of fused-ring (bicyclic) bond motifs is 1. The van der Waals surface area contributed by atoms with Crippen molar-refractivity contribution >= 4 is 34.4 Å². The fourth-order valence-electron chi connectivity index (χ4n) is 2.77. The fraction of sp³-hybridized carbons (Fsp3) is 0.105. The van der Waals surface area contributed by atoms with E-state index >= 15 is 0 Å². The molecule has 6 nitrogen and oxygen atoms in total. The molecule has 1 atom stereocenters. The van der Waals surface area contributed by atoms with Gasteiger partial charge in [0.1, 0.15) is 17.7 Å². The lowest BCUT2D eigenvalue weighted by Gasteiger charge is -2.18. The number of nitrogens with zero attached hydrogens (tertiary/aromatic N) is 2. The van der Waals surface area contributed by atoms with Crippen molar-refractivity contribution in [3.05, 3.63) is 80.9 Å². The van der Waals surface area contributed by atoms with Crippen LogP contribution in [0.5, 0.6) is 0 Å². The largest absolute Gasteiger partial charge is 0.464 e. The van der Waals surface area contributed by atoms with Gasteiger partial charge in [0.05, 0.1) is 10.9 Å². The van der Waals surface area contributed by atoms with Gasteiger partial charge in [-0.25, -0.2) is 4.39 Å². The van der Waals surface area contributed by atoms with Crippen molar-refractivity contribution in [1.82, 2.24) is 5.01 Å². The van der Waals surface area contributed by atoms with E-state index in [4.69, 9.17) is 20.8 Å². The molecule has 0 saturated carbocycles. The molecule has 0 aliphatic carbocycles. The van der Waals surface area contributed by atoms with E-state index < -0.39 is 23.4 Å². The van der Waals surface area contributed by atoms with Crippen LogP contribution in [0.15, 0.2) is 63.0 Å². The average molecular weight is 387 g/mol. The molecule has 2 aromatic carbocycles. The van der Waals surface area contributed by atoms with E-state index in [1.54, 1.807) is 24.3 Å². The monoisotopic (exact) mass is 386 g/mol. The first-order chi connectivity index (χ1) is 12.9. The van der Waals surface area contributed by atoms with E-state index in [9.17, 15) is 14.0 Å². The SMILES string of the molecule is CC(=O)N1N=C(c2ccc(Cl)cc2)OC1c1coc2ccc(F)cc2c1=O.